The van der Waals surface area contributed by atoms with E-state index in [0.29, 0.717) is 30.1 Å². The lowest BCUT2D eigenvalue weighted by Gasteiger charge is -2.30. The van der Waals surface area contributed by atoms with E-state index in [1.807, 2.05) is 0 Å². The fraction of sp³-hybridized carbons (Fsp3) is 1.00. The average molecular weight is 262 g/mol. The molecule has 1 rings (SSSR count). The van der Waals surface area contributed by atoms with Crippen molar-refractivity contribution in [2.75, 3.05) is 31.1 Å². The van der Waals surface area contributed by atoms with E-state index < -0.39 is 9.84 Å². The van der Waals surface area contributed by atoms with Gasteiger partial charge in [0.25, 0.3) is 0 Å². The molecule has 17 heavy (non-hydrogen) atoms. The molecule has 5 heteroatoms. The van der Waals surface area contributed by atoms with Crippen LogP contribution in [0, 0.1) is 0 Å². The Kier molecular flexibility index (Phi) is 5.89. The van der Waals surface area contributed by atoms with Gasteiger partial charge in [0.1, 0.15) is 0 Å². The molecular formula is C12H26N2O2S. The summed E-state index contributed by atoms with van der Waals surface area (Å²) in [6.07, 6.45) is 1.85. The van der Waals surface area contributed by atoms with Crippen LogP contribution in [0.1, 0.15) is 33.6 Å². The van der Waals surface area contributed by atoms with Gasteiger partial charge in [0.05, 0.1) is 11.5 Å². The van der Waals surface area contributed by atoms with Crippen molar-refractivity contribution in [3.05, 3.63) is 0 Å². The fourth-order valence-electron chi connectivity index (χ4n) is 2.23. The normalized spacial score (nSPS) is 23.5. The van der Waals surface area contributed by atoms with Crippen molar-refractivity contribution in [3.8, 4) is 0 Å². The minimum Gasteiger partial charge on any atom is -0.313 e. The molecule has 0 radical (unpaired) electrons. The second-order valence-corrected chi connectivity index (χ2v) is 7.47. The maximum Gasteiger partial charge on any atom is 0.151 e. The number of nitrogens with one attached hydrogen (secondary N) is 1. The van der Waals surface area contributed by atoms with Gasteiger partial charge >= 0.3 is 0 Å². The van der Waals surface area contributed by atoms with E-state index in [9.17, 15) is 8.42 Å². The number of sulfone groups is 1. The van der Waals surface area contributed by atoms with Crippen molar-refractivity contribution < 1.29 is 8.42 Å². The topological polar surface area (TPSA) is 49.4 Å². The molecule has 1 N–H and O–H groups in total. The Bertz CT molecular complexity index is 314. The van der Waals surface area contributed by atoms with Gasteiger partial charge in [0.15, 0.2) is 9.84 Å². The Morgan fingerprint density at radius 2 is 1.94 bits per heavy atom. The van der Waals surface area contributed by atoms with Gasteiger partial charge < -0.3 is 5.32 Å². The van der Waals surface area contributed by atoms with Gasteiger partial charge in [0, 0.05) is 25.2 Å². The van der Waals surface area contributed by atoms with Crippen LogP contribution in [-0.2, 0) is 9.84 Å². The summed E-state index contributed by atoms with van der Waals surface area (Å²) < 4.78 is 23.1. The highest BCUT2D eigenvalue weighted by Gasteiger charge is 2.23. The number of nitrogens with zero attached hydrogens (tertiary/aromatic N) is 1. The molecule has 0 spiro atoms. The molecule has 1 aliphatic rings. The summed E-state index contributed by atoms with van der Waals surface area (Å²) in [4.78, 5) is 2.33. The van der Waals surface area contributed by atoms with Crippen LogP contribution in [0.4, 0.5) is 0 Å². The van der Waals surface area contributed by atoms with Crippen LogP contribution in [0.25, 0.3) is 0 Å². The molecule has 0 aliphatic carbocycles. The van der Waals surface area contributed by atoms with Crippen LogP contribution in [0.15, 0.2) is 0 Å². The lowest BCUT2D eigenvalue weighted by Crippen LogP contribution is -2.44. The Labute approximate surface area is 106 Å². The second-order valence-electron chi connectivity index (χ2n) is 5.17. The predicted molar refractivity (Wildman–Crippen MR) is 72.1 cm³/mol. The largest absolute Gasteiger partial charge is 0.313 e. The molecular weight excluding hydrogens is 236 g/mol. The van der Waals surface area contributed by atoms with Gasteiger partial charge in [-0.1, -0.05) is 20.8 Å². The highest BCUT2D eigenvalue weighted by atomic mass is 32.2. The molecule has 1 heterocycles. The fourth-order valence-corrected chi connectivity index (χ4v) is 3.51. The number of rotatable bonds is 5. The number of hydrogen-bond donors (Lipinski definition) is 1. The van der Waals surface area contributed by atoms with E-state index in [1.165, 1.54) is 0 Å². The smallest absolute Gasteiger partial charge is 0.151 e. The van der Waals surface area contributed by atoms with Gasteiger partial charge in [-0.15, -0.1) is 0 Å². The van der Waals surface area contributed by atoms with Crippen LogP contribution in [0.2, 0.25) is 0 Å². The summed E-state index contributed by atoms with van der Waals surface area (Å²) in [5.41, 5.74) is 0. The zero-order valence-corrected chi connectivity index (χ0v) is 12.1. The van der Waals surface area contributed by atoms with Crippen LogP contribution in [-0.4, -0.2) is 56.5 Å². The van der Waals surface area contributed by atoms with E-state index in [-0.39, 0.29) is 0 Å². The molecule has 0 aromatic carbocycles. The third-order valence-electron chi connectivity index (χ3n) is 3.34. The minimum atomic E-state index is -2.79. The first kappa shape index (κ1) is 14.9. The maximum atomic E-state index is 11.6. The first-order valence-electron chi connectivity index (χ1n) is 6.62. The summed E-state index contributed by atoms with van der Waals surface area (Å²) in [5, 5.41) is 3.44. The Balaban J connectivity index is 2.51. The maximum absolute atomic E-state index is 11.6. The highest BCUT2D eigenvalue weighted by Crippen LogP contribution is 2.10. The third-order valence-corrected chi connectivity index (χ3v) is 5.05. The Morgan fingerprint density at radius 3 is 2.53 bits per heavy atom. The zero-order valence-electron chi connectivity index (χ0n) is 11.3. The number of hydrogen-bond acceptors (Lipinski definition) is 4. The monoisotopic (exact) mass is 262 g/mol. The molecule has 1 fully saturated rings. The van der Waals surface area contributed by atoms with Crippen molar-refractivity contribution in [3.63, 3.8) is 0 Å². The van der Waals surface area contributed by atoms with Crippen molar-refractivity contribution >= 4 is 9.84 Å². The van der Waals surface area contributed by atoms with E-state index in [2.05, 4.69) is 31.0 Å². The van der Waals surface area contributed by atoms with Crippen LogP contribution >= 0.6 is 0 Å². The van der Waals surface area contributed by atoms with Crippen LogP contribution in [0.3, 0.4) is 0 Å². The van der Waals surface area contributed by atoms with Crippen LogP contribution < -0.4 is 5.32 Å². The molecule has 1 saturated heterocycles. The lowest BCUT2D eigenvalue weighted by atomic mass is 10.1. The van der Waals surface area contributed by atoms with Crippen LogP contribution in [0.5, 0.6) is 0 Å². The Hall–Kier alpha value is -0.130. The molecule has 0 aromatic heterocycles. The minimum absolute atomic E-state index is 0.325. The van der Waals surface area contributed by atoms with Crippen molar-refractivity contribution in [1.82, 2.24) is 10.2 Å². The van der Waals surface area contributed by atoms with Crippen molar-refractivity contribution in [2.24, 2.45) is 0 Å². The van der Waals surface area contributed by atoms with Gasteiger partial charge in [-0.3, -0.25) is 4.90 Å². The summed E-state index contributed by atoms with van der Waals surface area (Å²) in [6, 6.07) is 0.950. The molecule has 0 aromatic rings. The van der Waals surface area contributed by atoms with E-state index in [4.69, 9.17) is 0 Å². The molecule has 102 valence electrons. The van der Waals surface area contributed by atoms with Gasteiger partial charge in [-0.2, -0.15) is 0 Å². The summed E-state index contributed by atoms with van der Waals surface area (Å²) in [6.45, 7) is 9.01. The molecule has 1 aliphatic heterocycles. The molecule has 0 saturated carbocycles. The van der Waals surface area contributed by atoms with Gasteiger partial charge in [0.2, 0.25) is 0 Å². The van der Waals surface area contributed by atoms with E-state index in [1.54, 1.807) is 0 Å². The van der Waals surface area contributed by atoms with E-state index >= 15 is 0 Å². The SMILES string of the molecule is CCC(CNC(C)C)N1CCCS(=O)(=O)CC1. The molecule has 1 unspecified atom stereocenters. The van der Waals surface area contributed by atoms with Gasteiger partial charge in [-0.05, 0) is 19.4 Å². The average Bonchev–Trinajstić information content (AvgIpc) is 2.41. The predicted octanol–water partition coefficient (Wildman–Crippen LogP) is 0.884. The summed E-state index contributed by atoms with van der Waals surface area (Å²) in [5.74, 6) is 0.683. The molecule has 4 nitrogen and oxygen atoms in total. The Morgan fingerprint density at radius 1 is 1.24 bits per heavy atom. The van der Waals surface area contributed by atoms with Crippen molar-refractivity contribution in [1.29, 1.82) is 0 Å². The first-order chi connectivity index (χ1) is 7.94. The first-order valence-corrected chi connectivity index (χ1v) is 8.44. The second kappa shape index (κ2) is 6.71. The highest BCUT2D eigenvalue weighted by molar-refractivity contribution is 7.91. The summed E-state index contributed by atoms with van der Waals surface area (Å²) in [7, 11) is -2.79. The molecule has 0 bridgehead atoms. The lowest BCUT2D eigenvalue weighted by molar-refractivity contribution is 0.198. The molecule has 1 atom stereocenters. The van der Waals surface area contributed by atoms with E-state index in [0.717, 1.165) is 25.9 Å². The molecule has 0 amide bonds. The standard InChI is InChI=1S/C12H26N2O2S/c1-4-12(10-13-11(2)3)14-6-5-8-17(15,16)9-7-14/h11-13H,4-10H2,1-3H3. The quantitative estimate of drug-likeness (QED) is 0.799. The summed E-state index contributed by atoms with van der Waals surface area (Å²) >= 11 is 0. The third kappa shape index (κ3) is 5.36. The zero-order chi connectivity index (χ0) is 12.9. The van der Waals surface area contributed by atoms with Crippen molar-refractivity contribution in [2.45, 2.75) is 45.7 Å². The van der Waals surface area contributed by atoms with Gasteiger partial charge in [-0.25, -0.2) is 8.42 Å².